The smallest absolute Gasteiger partial charge is 0.130 e. The number of hydrogen-bond donors (Lipinski definition) is 1. The van der Waals surface area contributed by atoms with E-state index < -0.39 is 0 Å². The molecule has 1 aromatic heterocycles. The van der Waals surface area contributed by atoms with Gasteiger partial charge in [-0.15, -0.1) is 0 Å². The normalized spacial score (nSPS) is 25.8. The third kappa shape index (κ3) is 2.72. The lowest BCUT2D eigenvalue weighted by Crippen LogP contribution is -2.55. The summed E-state index contributed by atoms with van der Waals surface area (Å²) in [7, 11) is 0. The number of anilines is 2. The van der Waals surface area contributed by atoms with E-state index >= 15 is 0 Å². The third-order valence-corrected chi connectivity index (χ3v) is 5.02. The SMILES string of the molecule is CC(C1CC1)N1CCN(c2cc(N)c(Cl)cn2)[C@@H](C)C1. The Morgan fingerprint density at radius 3 is 2.75 bits per heavy atom. The molecule has 1 aliphatic heterocycles. The fourth-order valence-electron chi connectivity index (χ4n) is 3.17. The van der Waals surface area contributed by atoms with Gasteiger partial charge in [0, 0.05) is 44.0 Å². The Morgan fingerprint density at radius 1 is 1.40 bits per heavy atom. The number of pyridine rings is 1. The van der Waals surface area contributed by atoms with E-state index in [0.29, 0.717) is 16.8 Å². The molecule has 2 N–H and O–H groups in total. The van der Waals surface area contributed by atoms with E-state index in [0.717, 1.165) is 37.4 Å². The summed E-state index contributed by atoms with van der Waals surface area (Å²) in [5, 5.41) is 0.530. The van der Waals surface area contributed by atoms with Crippen LogP contribution in [0.2, 0.25) is 5.02 Å². The fourth-order valence-corrected chi connectivity index (χ4v) is 3.28. The zero-order chi connectivity index (χ0) is 14.3. The molecule has 2 atom stereocenters. The maximum Gasteiger partial charge on any atom is 0.130 e. The van der Waals surface area contributed by atoms with E-state index in [1.165, 1.54) is 12.8 Å². The molecule has 3 rings (SSSR count). The average molecular weight is 295 g/mol. The van der Waals surface area contributed by atoms with Gasteiger partial charge in [0.2, 0.25) is 0 Å². The van der Waals surface area contributed by atoms with Crippen LogP contribution in [0.5, 0.6) is 0 Å². The van der Waals surface area contributed by atoms with Crippen molar-refractivity contribution in [3.05, 3.63) is 17.3 Å². The first kappa shape index (κ1) is 14.0. The molecule has 1 saturated heterocycles. The van der Waals surface area contributed by atoms with Gasteiger partial charge in [-0.25, -0.2) is 4.98 Å². The highest BCUT2D eigenvalue weighted by molar-refractivity contribution is 6.32. The summed E-state index contributed by atoms with van der Waals surface area (Å²) < 4.78 is 0. The van der Waals surface area contributed by atoms with Crippen molar-refractivity contribution in [3.8, 4) is 0 Å². The zero-order valence-corrected chi connectivity index (χ0v) is 13.0. The molecule has 1 saturated carbocycles. The van der Waals surface area contributed by atoms with Gasteiger partial charge in [0.25, 0.3) is 0 Å². The maximum absolute atomic E-state index is 5.95. The summed E-state index contributed by atoms with van der Waals surface area (Å²) in [6, 6.07) is 3.07. The number of nitrogens with zero attached hydrogens (tertiary/aromatic N) is 3. The molecule has 2 fully saturated rings. The number of nitrogens with two attached hydrogens (primary N) is 1. The summed E-state index contributed by atoms with van der Waals surface area (Å²) in [5.74, 6) is 1.87. The van der Waals surface area contributed by atoms with Crippen molar-refractivity contribution in [1.29, 1.82) is 0 Å². The van der Waals surface area contributed by atoms with Crippen molar-refractivity contribution in [2.75, 3.05) is 30.3 Å². The van der Waals surface area contributed by atoms with Crippen LogP contribution in [0.3, 0.4) is 0 Å². The molecule has 5 heteroatoms. The van der Waals surface area contributed by atoms with Crippen LogP contribution >= 0.6 is 11.6 Å². The Kier molecular flexibility index (Phi) is 3.78. The van der Waals surface area contributed by atoms with Gasteiger partial charge in [-0.05, 0) is 32.6 Å². The molecule has 4 nitrogen and oxygen atoms in total. The van der Waals surface area contributed by atoms with Crippen LogP contribution in [-0.4, -0.2) is 41.6 Å². The van der Waals surface area contributed by atoms with Crippen molar-refractivity contribution in [3.63, 3.8) is 0 Å². The molecule has 2 aliphatic rings. The molecule has 0 spiro atoms. The average Bonchev–Trinajstić information content (AvgIpc) is 3.25. The Hall–Kier alpha value is -1.00. The van der Waals surface area contributed by atoms with Gasteiger partial charge in [0.05, 0.1) is 10.7 Å². The molecule has 20 heavy (non-hydrogen) atoms. The van der Waals surface area contributed by atoms with Crippen molar-refractivity contribution < 1.29 is 0 Å². The van der Waals surface area contributed by atoms with Gasteiger partial charge in [-0.1, -0.05) is 11.6 Å². The number of nitrogen functional groups attached to an aromatic ring is 1. The van der Waals surface area contributed by atoms with Crippen LogP contribution in [0.25, 0.3) is 0 Å². The fraction of sp³-hybridized carbons (Fsp3) is 0.667. The molecule has 0 radical (unpaired) electrons. The molecule has 0 aromatic carbocycles. The highest BCUT2D eigenvalue weighted by atomic mass is 35.5. The molecule has 110 valence electrons. The van der Waals surface area contributed by atoms with Crippen molar-refractivity contribution in [1.82, 2.24) is 9.88 Å². The van der Waals surface area contributed by atoms with Crippen LogP contribution < -0.4 is 10.6 Å². The number of aromatic nitrogens is 1. The Bertz CT molecular complexity index is 489. The molecule has 1 unspecified atom stereocenters. The second-order valence-electron chi connectivity index (χ2n) is 6.18. The molecule has 0 bridgehead atoms. The molecule has 0 amide bonds. The number of rotatable bonds is 3. The first-order valence-corrected chi connectivity index (χ1v) is 7.85. The monoisotopic (exact) mass is 294 g/mol. The first-order valence-electron chi connectivity index (χ1n) is 7.48. The molecule has 1 aromatic rings. The van der Waals surface area contributed by atoms with Crippen LogP contribution in [-0.2, 0) is 0 Å². The highest BCUT2D eigenvalue weighted by Crippen LogP contribution is 2.36. The highest BCUT2D eigenvalue weighted by Gasteiger charge is 2.35. The van der Waals surface area contributed by atoms with Crippen LogP contribution in [0.4, 0.5) is 11.5 Å². The van der Waals surface area contributed by atoms with E-state index in [2.05, 4.69) is 28.6 Å². The predicted molar refractivity (Wildman–Crippen MR) is 84.2 cm³/mol. The van der Waals surface area contributed by atoms with Crippen LogP contribution in [0, 0.1) is 5.92 Å². The van der Waals surface area contributed by atoms with Gasteiger partial charge in [-0.3, -0.25) is 4.90 Å². The summed E-state index contributed by atoms with van der Waals surface area (Å²) >= 11 is 5.95. The summed E-state index contributed by atoms with van der Waals surface area (Å²) in [4.78, 5) is 9.39. The van der Waals surface area contributed by atoms with E-state index in [9.17, 15) is 0 Å². The maximum atomic E-state index is 5.95. The van der Waals surface area contributed by atoms with E-state index in [-0.39, 0.29) is 0 Å². The number of hydrogen-bond acceptors (Lipinski definition) is 4. The topological polar surface area (TPSA) is 45.4 Å². The summed E-state index contributed by atoms with van der Waals surface area (Å²) in [5.41, 5.74) is 6.50. The Morgan fingerprint density at radius 2 is 2.15 bits per heavy atom. The van der Waals surface area contributed by atoms with Crippen LogP contribution in [0.15, 0.2) is 12.3 Å². The van der Waals surface area contributed by atoms with E-state index in [1.807, 2.05) is 6.07 Å². The first-order chi connectivity index (χ1) is 9.56. The predicted octanol–water partition coefficient (Wildman–Crippen LogP) is 2.63. The quantitative estimate of drug-likeness (QED) is 0.931. The lowest BCUT2D eigenvalue weighted by atomic mass is 10.1. The van der Waals surface area contributed by atoms with Gasteiger partial charge in [-0.2, -0.15) is 0 Å². The van der Waals surface area contributed by atoms with Gasteiger partial charge in [0.15, 0.2) is 0 Å². The Labute approximate surface area is 125 Å². The molecular weight excluding hydrogens is 272 g/mol. The second-order valence-corrected chi connectivity index (χ2v) is 6.59. The van der Waals surface area contributed by atoms with Crippen molar-refractivity contribution in [2.45, 2.75) is 38.8 Å². The lowest BCUT2D eigenvalue weighted by Gasteiger charge is -2.43. The van der Waals surface area contributed by atoms with Crippen molar-refractivity contribution in [2.24, 2.45) is 5.92 Å². The van der Waals surface area contributed by atoms with Gasteiger partial charge in [0.1, 0.15) is 5.82 Å². The van der Waals surface area contributed by atoms with Crippen LogP contribution in [0.1, 0.15) is 26.7 Å². The molecule has 1 aliphatic carbocycles. The lowest BCUT2D eigenvalue weighted by molar-refractivity contribution is 0.159. The zero-order valence-electron chi connectivity index (χ0n) is 12.2. The number of halogens is 1. The van der Waals surface area contributed by atoms with E-state index in [1.54, 1.807) is 6.20 Å². The molecule has 2 heterocycles. The minimum absolute atomic E-state index is 0.457. The Balaban J connectivity index is 1.68. The number of piperazine rings is 1. The summed E-state index contributed by atoms with van der Waals surface area (Å²) in [6.07, 6.45) is 4.47. The second kappa shape index (κ2) is 5.41. The minimum atomic E-state index is 0.457. The molecular formula is C15H23ClN4. The third-order valence-electron chi connectivity index (χ3n) is 4.70. The summed E-state index contributed by atoms with van der Waals surface area (Å²) in [6.45, 7) is 7.84. The largest absolute Gasteiger partial charge is 0.397 e. The van der Waals surface area contributed by atoms with Crippen molar-refractivity contribution >= 4 is 23.1 Å². The standard InChI is InChI=1S/C15H23ClN4/c1-10-9-19(11(2)12-3-4-12)5-6-20(10)15-7-14(17)13(16)8-18-15/h7-8,10-12H,3-6,9H2,1-2H3,(H2,17,18)/t10-,11?/m0/s1. The van der Waals surface area contributed by atoms with Gasteiger partial charge < -0.3 is 10.6 Å². The van der Waals surface area contributed by atoms with E-state index in [4.69, 9.17) is 17.3 Å². The minimum Gasteiger partial charge on any atom is -0.397 e. The van der Waals surface area contributed by atoms with Gasteiger partial charge >= 0.3 is 0 Å².